The van der Waals surface area contributed by atoms with Crippen molar-refractivity contribution in [3.05, 3.63) is 217 Å². The zero-order chi connectivity index (χ0) is 38.3. The Morgan fingerprint density at radius 2 is 1.65 bits per heavy atom. The first-order chi connectivity index (χ1) is 26.4. The molecule has 1 heterocycles. The maximum Gasteiger partial charge on any atom is 0.145 e. The van der Waals surface area contributed by atoms with Gasteiger partial charge in [-0.05, 0) is 109 Å². The van der Waals surface area contributed by atoms with E-state index in [1.54, 1.807) is 6.08 Å². The van der Waals surface area contributed by atoms with E-state index in [-0.39, 0.29) is 23.9 Å². The molecule has 2 heteroatoms. The Kier molecular flexibility index (Phi) is 14.6. The molecule has 0 aromatic heterocycles. The van der Waals surface area contributed by atoms with E-state index in [4.69, 9.17) is 4.99 Å². The SMILES string of the molecule is C=C/C=C\C(=C/C)C1=NC(c2cccc(-c3cccc(-c4ccc(C(/C=C\C)C(CC)C(=C)C=C)c(C/C=C\C=C\C)c4)c3)c2)NC(C2C=CC=CC2)=C1. The third-order valence-corrected chi connectivity index (χ3v) is 10.3. The number of hydrogen-bond donors (Lipinski definition) is 1. The number of rotatable bonds is 16. The number of hydrogen-bond acceptors (Lipinski definition) is 2. The van der Waals surface area contributed by atoms with Crippen LogP contribution in [0.25, 0.3) is 22.3 Å². The van der Waals surface area contributed by atoms with Crippen LogP contribution < -0.4 is 5.32 Å². The Morgan fingerprint density at radius 1 is 0.889 bits per heavy atom. The molecule has 3 aromatic rings. The van der Waals surface area contributed by atoms with Gasteiger partial charge in [-0.2, -0.15) is 0 Å². The highest BCUT2D eigenvalue weighted by Crippen LogP contribution is 2.38. The first kappa shape index (κ1) is 39.5. The van der Waals surface area contributed by atoms with E-state index in [9.17, 15) is 0 Å². The zero-order valence-electron chi connectivity index (χ0n) is 32.6. The summed E-state index contributed by atoms with van der Waals surface area (Å²) in [7, 11) is 0. The summed E-state index contributed by atoms with van der Waals surface area (Å²) in [6.07, 6.45) is 36.5. The fraction of sp³-hybridized carbons (Fsp3) is 0.212. The number of allylic oxidation sites excluding steroid dienone is 18. The zero-order valence-corrected chi connectivity index (χ0v) is 32.6. The largest absolute Gasteiger partial charge is 0.363 e. The predicted molar refractivity (Wildman–Crippen MR) is 237 cm³/mol. The van der Waals surface area contributed by atoms with Gasteiger partial charge in [-0.25, -0.2) is 0 Å². The van der Waals surface area contributed by atoms with E-state index < -0.39 is 0 Å². The van der Waals surface area contributed by atoms with Crippen molar-refractivity contribution in [3.63, 3.8) is 0 Å². The summed E-state index contributed by atoms with van der Waals surface area (Å²) >= 11 is 0. The molecule has 0 amide bonds. The highest BCUT2D eigenvalue weighted by Gasteiger charge is 2.25. The maximum absolute atomic E-state index is 5.24. The lowest BCUT2D eigenvalue weighted by Crippen LogP contribution is -2.29. The minimum absolute atomic E-state index is 0.213. The highest BCUT2D eigenvalue weighted by molar-refractivity contribution is 6.11. The normalized spacial score (nSPS) is 18.6. The Hall–Kier alpha value is -5.73. The summed E-state index contributed by atoms with van der Waals surface area (Å²) in [4.78, 5) is 5.24. The summed E-state index contributed by atoms with van der Waals surface area (Å²) in [6.45, 7) is 20.8. The Labute approximate surface area is 325 Å². The van der Waals surface area contributed by atoms with Crippen LogP contribution >= 0.6 is 0 Å². The number of nitrogens with one attached hydrogen (secondary N) is 1. The van der Waals surface area contributed by atoms with E-state index in [0.717, 1.165) is 47.2 Å². The van der Waals surface area contributed by atoms with E-state index >= 15 is 0 Å². The molecule has 274 valence electrons. The first-order valence-corrected chi connectivity index (χ1v) is 19.3. The van der Waals surface area contributed by atoms with Crippen LogP contribution in [0, 0.1) is 11.8 Å². The van der Waals surface area contributed by atoms with Gasteiger partial charge in [-0.1, -0.05) is 178 Å². The van der Waals surface area contributed by atoms with Gasteiger partial charge in [0.2, 0.25) is 0 Å². The minimum atomic E-state index is -0.213. The molecular weight excluding hydrogens is 653 g/mol. The van der Waals surface area contributed by atoms with Gasteiger partial charge in [0.05, 0.1) is 5.71 Å². The van der Waals surface area contributed by atoms with E-state index in [1.165, 1.54) is 33.5 Å². The smallest absolute Gasteiger partial charge is 0.145 e. The predicted octanol–water partition coefficient (Wildman–Crippen LogP) is 13.9. The molecule has 4 atom stereocenters. The molecule has 0 saturated carbocycles. The molecule has 0 bridgehead atoms. The van der Waals surface area contributed by atoms with Gasteiger partial charge in [0.25, 0.3) is 0 Å². The lowest BCUT2D eigenvalue weighted by Gasteiger charge is -2.29. The van der Waals surface area contributed by atoms with Crippen molar-refractivity contribution in [2.24, 2.45) is 16.8 Å². The molecule has 1 aliphatic heterocycles. The first-order valence-electron chi connectivity index (χ1n) is 19.3. The van der Waals surface area contributed by atoms with E-state index in [0.29, 0.717) is 0 Å². The molecule has 4 unspecified atom stereocenters. The highest BCUT2D eigenvalue weighted by atomic mass is 15.1. The molecule has 1 N–H and O–H groups in total. The van der Waals surface area contributed by atoms with Gasteiger partial charge in [-0.15, -0.1) is 0 Å². The summed E-state index contributed by atoms with van der Waals surface area (Å²) in [5, 5.41) is 3.79. The van der Waals surface area contributed by atoms with Crippen molar-refractivity contribution in [2.45, 2.75) is 59.0 Å². The van der Waals surface area contributed by atoms with Crippen molar-refractivity contribution < 1.29 is 0 Å². The topological polar surface area (TPSA) is 24.4 Å². The molecule has 0 spiro atoms. The van der Waals surface area contributed by atoms with Crippen LogP contribution in [0.1, 0.15) is 69.3 Å². The molecule has 5 rings (SSSR count). The quantitative estimate of drug-likeness (QED) is 0.116. The second-order valence-electron chi connectivity index (χ2n) is 13.8. The van der Waals surface area contributed by atoms with Crippen LogP contribution in [0.5, 0.6) is 0 Å². The third kappa shape index (κ3) is 9.82. The van der Waals surface area contributed by atoms with Gasteiger partial charge in [0, 0.05) is 17.5 Å². The third-order valence-electron chi connectivity index (χ3n) is 10.3. The molecule has 0 saturated heterocycles. The Bertz CT molecular complexity index is 2090. The second-order valence-corrected chi connectivity index (χ2v) is 13.8. The number of benzene rings is 3. The Balaban J connectivity index is 1.52. The number of nitrogens with zero attached hydrogens (tertiary/aromatic N) is 1. The van der Waals surface area contributed by atoms with Crippen molar-refractivity contribution in [1.82, 2.24) is 5.32 Å². The van der Waals surface area contributed by atoms with Gasteiger partial charge in [0.15, 0.2) is 0 Å². The van der Waals surface area contributed by atoms with Crippen molar-refractivity contribution in [1.29, 1.82) is 0 Å². The molecule has 2 aliphatic rings. The van der Waals surface area contributed by atoms with Gasteiger partial charge >= 0.3 is 0 Å². The number of aliphatic imine (C=N–C) groups is 1. The van der Waals surface area contributed by atoms with Gasteiger partial charge < -0.3 is 5.32 Å². The lowest BCUT2D eigenvalue weighted by atomic mass is 9.77. The fourth-order valence-electron chi connectivity index (χ4n) is 7.40. The van der Waals surface area contributed by atoms with Crippen LogP contribution in [0.2, 0.25) is 0 Å². The van der Waals surface area contributed by atoms with Crippen LogP contribution in [0.4, 0.5) is 0 Å². The van der Waals surface area contributed by atoms with Gasteiger partial charge in [-0.3, -0.25) is 4.99 Å². The second kappa shape index (κ2) is 19.9. The van der Waals surface area contributed by atoms with Crippen molar-refractivity contribution >= 4 is 5.71 Å². The van der Waals surface area contributed by atoms with Crippen LogP contribution in [-0.2, 0) is 6.42 Å². The van der Waals surface area contributed by atoms with E-state index in [2.05, 4.69) is 192 Å². The van der Waals surface area contributed by atoms with Crippen LogP contribution in [-0.4, -0.2) is 5.71 Å². The maximum atomic E-state index is 5.24. The fourth-order valence-corrected chi connectivity index (χ4v) is 7.40. The van der Waals surface area contributed by atoms with Gasteiger partial charge in [0.1, 0.15) is 6.17 Å². The minimum Gasteiger partial charge on any atom is -0.363 e. The molecule has 3 aromatic carbocycles. The summed E-state index contributed by atoms with van der Waals surface area (Å²) < 4.78 is 0. The van der Waals surface area contributed by atoms with Crippen LogP contribution in [0.15, 0.2) is 206 Å². The molecule has 0 radical (unpaired) electrons. The van der Waals surface area contributed by atoms with E-state index in [1.807, 2.05) is 19.1 Å². The molecule has 0 fully saturated rings. The Morgan fingerprint density at radius 3 is 2.31 bits per heavy atom. The summed E-state index contributed by atoms with van der Waals surface area (Å²) in [5.41, 5.74) is 12.8. The summed E-state index contributed by atoms with van der Waals surface area (Å²) in [5.74, 6) is 0.785. The molecule has 54 heavy (non-hydrogen) atoms. The lowest BCUT2D eigenvalue weighted by molar-refractivity contribution is 0.543. The molecular formula is C52H56N2. The van der Waals surface area contributed by atoms with Crippen molar-refractivity contribution in [3.8, 4) is 22.3 Å². The average molecular weight is 709 g/mol. The average Bonchev–Trinajstić information content (AvgIpc) is 3.22. The molecule has 1 aliphatic carbocycles. The standard InChI is InChI=1S/C52H56N2/c1-8-14-16-18-27-45-35-44(32-33-48(45)49(23-10-3)47(13-6)38(7)11-4)42-29-21-28-41(34-42)43-30-22-31-46(36-43)52-53-50(39(12-5)24-15-9-2)37-51(54-52)40-25-19-17-20-26-40/h8-12,14-25,28-37,40,47,49,52,54H,2,4,7,13,26-27H2,1,3,5-6H3/b14-8+,18-16-,23-10-,24-15-,39-12+. The summed E-state index contributed by atoms with van der Waals surface area (Å²) in [6, 6.07) is 24.7. The molecule has 2 nitrogen and oxygen atoms in total. The monoisotopic (exact) mass is 708 g/mol. The van der Waals surface area contributed by atoms with Crippen LogP contribution in [0.3, 0.4) is 0 Å². The van der Waals surface area contributed by atoms with Crippen molar-refractivity contribution in [2.75, 3.05) is 0 Å².